The summed E-state index contributed by atoms with van der Waals surface area (Å²) in [6.07, 6.45) is 2.65. The van der Waals surface area contributed by atoms with E-state index in [2.05, 4.69) is 57.0 Å². The molecule has 0 spiro atoms. The quantitative estimate of drug-likeness (QED) is 0.887. The molecular weight excluding hydrogens is 244 g/mol. The summed E-state index contributed by atoms with van der Waals surface area (Å²) in [5.74, 6) is 0.804. The van der Waals surface area contributed by atoms with Crippen molar-refractivity contribution in [3.05, 3.63) is 28.8 Å². The summed E-state index contributed by atoms with van der Waals surface area (Å²) in [7, 11) is 0. The number of benzene rings is 1. The van der Waals surface area contributed by atoms with E-state index < -0.39 is 0 Å². The van der Waals surface area contributed by atoms with Crippen molar-refractivity contribution in [1.29, 1.82) is 0 Å². The Bertz CT molecular complexity index is 422. The number of nitrogens with zero attached hydrogens (tertiary/aromatic N) is 1. The molecule has 0 aliphatic carbocycles. The minimum Gasteiger partial charge on any atom is -0.382 e. The van der Waals surface area contributed by atoms with Gasteiger partial charge in [0, 0.05) is 11.7 Å². The fourth-order valence-electron chi connectivity index (χ4n) is 3.52. The van der Waals surface area contributed by atoms with Gasteiger partial charge in [-0.1, -0.05) is 24.6 Å². The molecule has 0 amide bonds. The number of likely N-dealkylation sites (tertiary alicyclic amines) is 1. The van der Waals surface area contributed by atoms with E-state index in [1.54, 1.807) is 0 Å². The third-order valence-corrected chi connectivity index (χ3v) is 4.84. The Morgan fingerprint density at radius 1 is 1.15 bits per heavy atom. The standard InChI is InChI=1S/C18H30N2/c1-6-20-9-7-17(8-10-20)16(5)19-18-14(3)11-13(2)12-15(18)4/h11-12,16-17,19H,6-10H2,1-5H3. The molecule has 2 heteroatoms. The number of anilines is 1. The fourth-order valence-corrected chi connectivity index (χ4v) is 3.52. The molecule has 1 aliphatic rings. The van der Waals surface area contributed by atoms with Crippen molar-refractivity contribution >= 4 is 5.69 Å². The van der Waals surface area contributed by atoms with Gasteiger partial charge in [-0.2, -0.15) is 0 Å². The second-order valence-electron chi connectivity index (χ2n) is 6.48. The van der Waals surface area contributed by atoms with Gasteiger partial charge < -0.3 is 10.2 Å². The molecule has 0 aromatic heterocycles. The molecule has 1 heterocycles. The van der Waals surface area contributed by atoms with Crippen LogP contribution in [0.1, 0.15) is 43.4 Å². The molecule has 1 fully saturated rings. The van der Waals surface area contributed by atoms with Crippen LogP contribution in [0, 0.1) is 26.7 Å². The van der Waals surface area contributed by atoms with Crippen LogP contribution in [0.2, 0.25) is 0 Å². The summed E-state index contributed by atoms with van der Waals surface area (Å²) in [5.41, 5.74) is 5.45. The van der Waals surface area contributed by atoms with Crippen molar-refractivity contribution in [2.45, 2.75) is 53.5 Å². The summed E-state index contributed by atoms with van der Waals surface area (Å²) in [5, 5.41) is 3.79. The predicted octanol–water partition coefficient (Wildman–Crippen LogP) is 4.14. The van der Waals surface area contributed by atoms with E-state index in [1.807, 2.05) is 0 Å². The number of nitrogens with one attached hydrogen (secondary N) is 1. The first-order valence-electron chi connectivity index (χ1n) is 8.08. The first-order chi connectivity index (χ1) is 9.51. The summed E-state index contributed by atoms with van der Waals surface area (Å²) in [4.78, 5) is 2.56. The number of rotatable bonds is 4. The average Bonchev–Trinajstić information content (AvgIpc) is 2.42. The molecule has 1 N–H and O–H groups in total. The third-order valence-electron chi connectivity index (χ3n) is 4.84. The Kier molecular flexibility index (Phi) is 5.09. The molecule has 20 heavy (non-hydrogen) atoms. The normalized spacial score (nSPS) is 19.1. The second-order valence-corrected chi connectivity index (χ2v) is 6.48. The molecule has 2 nitrogen and oxygen atoms in total. The van der Waals surface area contributed by atoms with Crippen LogP contribution in [0.3, 0.4) is 0 Å². The van der Waals surface area contributed by atoms with Crippen molar-refractivity contribution in [2.75, 3.05) is 25.0 Å². The molecule has 0 saturated carbocycles. The largest absolute Gasteiger partial charge is 0.382 e. The number of hydrogen-bond acceptors (Lipinski definition) is 2. The maximum Gasteiger partial charge on any atom is 0.0401 e. The van der Waals surface area contributed by atoms with Crippen LogP contribution < -0.4 is 5.32 Å². The minimum absolute atomic E-state index is 0.564. The molecular formula is C18H30N2. The first-order valence-corrected chi connectivity index (χ1v) is 8.08. The Hall–Kier alpha value is -1.02. The molecule has 0 bridgehead atoms. The van der Waals surface area contributed by atoms with E-state index in [4.69, 9.17) is 0 Å². The lowest BCUT2D eigenvalue weighted by Gasteiger charge is -2.35. The van der Waals surface area contributed by atoms with Crippen molar-refractivity contribution in [1.82, 2.24) is 4.90 Å². The van der Waals surface area contributed by atoms with Crippen LogP contribution in [-0.2, 0) is 0 Å². The highest BCUT2D eigenvalue weighted by Crippen LogP contribution is 2.27. The lowest BCUT2D eigenvalue weighted by molar-refractivity contribution is 0.183. The first kappa shape index (κ1) is 15.4. The van der Waals surface area contributed by atoms with Crippen LogP contribution in [0.25, 0.3) is 0 Å². The molecule has 1 aromatic rings. The monoisotopic (exact) mass is 274 g/mol. The van der Waals surface area contributed by atoms with E-state index in [1.165, 1.54) is 54.9 Å². The average molecular weight is 274 g/mol. The van der Waals surface area contributed by atoms with Gasteiger partial charge in [-0.15, -0.1) is 0 Å². The van der Waals surface area contributed by atoms with Gasteiger partial charge in [0.05, 0.1) is 0 Å². The summed E-state index contributed by atoms with van der Waals surface area (Å²) < 4.78 is 0. The predicted molar refractivity (Wildman–Crippen MR) is 88.6 cm³/mol. The van der Waals surface area contributed by atoms with Crippen molar-refractivity contribution in [3.8, 4) is 0 Å². The van der Waals surface area contributed by atoms with Crippen molar-refractivity contribution < 1.29 is 0 Å². The molecule has 112 valence electrons. The van der Waals surface area contributed by atoms with Gasteiger partial charge in [0.2, 0.25) is 0 Å². The lowest BCUT2D eigenvalue weighted by Crippen LogP contribution is -2.39. The minimum atomic E-state index is 0.564. The highest BCUT2D eigenvalue weighted by atomic mass is 15.1. The third kappa shape index (κ3) is 3.54. The van der Waals surface area contributed by atoms with Crippen LogP contribution in [0.5, 0.6) is 0 Å². The number of hydrogen-bond donors (Lipinski definition) is 1. The van der Waals surface area contributed by atoms with Crippen LogP contribution >= 0.6 is 0 Å². The Labute approximate surface area is 124 Å². The van der Waals surface area contributed by atoms with Crippen LogP contribution in [0.4, 0.5) is 5.69 Å². The summed E-state index contributed by atoms with van der Waals surface area (Å²) >= 11 is 0. The van der Waals surface area contributed by atoms with Gasteiger partial charge in [0.15, 0.2) is 0 Å². The molecule has 2 rings (SSSR count). The highest BCUT2D eigenvalue weighted by molar-refractivity contribution is 5.58. The smallest absolute Gasteiger partial charge is 0.0401 e. The van der Waals surface area contributed by atoms with Gasteiger partial charge in [-0.3, -0.25) is 0 Å². The molecule has 0 radical (unpaired) electrons. The number of aryl methyl sites for hydroxylation is 3. The Morgan fingerprint density at radius 2 is 1.70 bits per heavy atom. The van der Waals surface area contributed by atoms with Crippen molar-refractivity contribution in [3.63, 3.8) is 0 Å². The van der Waals surface area contributed by atoms with Gasteiger partial charge >= 0.3 is 0 Å². The highest BCUT2D eigenvalue weighted by Gasteiger charge is 2.23. The lowest BCUT2D eigenvalue weighted by atomic mass is 9.89. The topological polar surface area (TPSA) is 15.3 Å². The number of piperidine rings is 1. The van der Waals surface area contributed by atoms with E-state index in [0.29, 0.717) is 6.04 Å². The SMILES string of the molecule is CCN1CCC(C(C)Nc2c(C)cc(C)cc2C)CC1. The van der Waals surface area contributed by atoms with E-state index >= 15 is 0 Å². The van der Waals surface area contributed by atoms with E-state index in [9.17, 15) is 0 Å². The maximum absolute atomic E-state index is 3.79. The zero-order valence-electron chi connectivity index (χ0n) is 13.8. The zero-order valence-corrected chi connectivity index (χ0v) is 13.8. The Morgan fingerprint density at radius 3 is 2.20 bits per heavy atom. The maximum atomic E-state index is 3.79. The van der Waals surface area contributed by atoms with Gasteiger partial charge in [0.1, 0.15) is 0 Å². The van der Waals surface area contributed by atoms with E-state index in [-0.39, 0.29) is 0 Å². The molecule has 1 saturated heterocycles. The van der Waals surface area contributed by atoms with Gasteiger partial charge in [-0.25, -0.2) is 0 Å². The summed E-state index contributed by atoms with van der Waals surface area (Å²) in [6, 6.07) is 5.12. The van der Waals surface area contributed by atoms with E-state index in [0.717, 1.165) is 5.92 Å². The molecule has 1 aliphatic heterocycles. The van der Waals surface area contributed by atoms with Crippen LogP contribution in [0.15, 0.2) is 12.1 Å². The fraction of sp³-hybridized carbons (Fsp3) is 0.667. The van der Waals surface area contributed by atoms with Gasteiger partial charge in [0.25, 0.3) is 0 Å². The molecule has 1 atom stereocenters. The van der Waals surface area contributed by atoms with Crippen molar-refractivity contribution in [2.24, 2.45) is 5.92 Å². The molecule has 1 aromatic carbocycles. The van der Waals surface area contributed by atoms with Crippen LogP contribution in [-0.4, -0.2) is 30.6 Å². The zero-order chi connectivity index (χ0) is 14.7. The Balaban J connectivity index is 2.00. The molecule has 1 unspecified atom stereocenters. The second kappa shape index (κ2) is 6.62. The summed E-state index contributed by atoms with van der Waals surface area (Å²) in [6.45, 7) is 15.0. The van der Waals surface area contributed by atoms with Gasteiger partial charge in [-0.05, 0) is 77.2 Å².